The van der Waals surface area contributed by atoms with Gasteiger partial charge in [-0.1, -0.05) is 72.8 Å². The summed E-state index contributed by atoms with van der Waals surface area (Å²) < 4.78 is 0. The Kier molecular flexibility index (Phi) is 6.61. The van der Waals surface area contributed by atoms with E-state index in [9.17, 15) is 4.79 Å². The van der Waals surface area contributed by atoms with Crippen LogP contribution in [-0.4, -0.2) is 19.0 Å². The summed E-state index contributed by atoms with van der Waals surface area (Å²) in [5, 5.41) is 3.10. The van der Waals surface area contributed by atoms with Gasteiger partial charge in [-0.25, -0.2) is 0 Å². The summed E-state index contributed by atoms with van der Waals surface area (Å²) in [6.07, 6.45) is 5.83. The largest absolute Gasteiger partial charge is 0.372 e. The van der Waals surface area contributed by atoms with Crippen LogP contribution in [0.5, 0.6) is 0 Å². The Balaban J connectivity index is 1.46. The molecule has 3 aromatic rings. The average Bonchev–Trinajstić information content (AvgIpc) is 2.83. The summed E-state index contributed by atoms with van der Waals surface area (Å²) >= 11 is 0. The van der Waals surface area contributed by atoms with Crippen molar-refractivity contribution < 1.29 is 4.79 Å². The van der Waals surface area contributed by atoms with Gasteiger partial charge in [0.1, 0.15) is 0 Å². The average molecular weight is 397 g/mol. The molecule has 0 radical (unpaired) electrons. The second kappa shape index (κ2) is 9.93. The molecule has 3 aromatic carbocycles. The van der Waals surface area contributed by atoms with E-state index in [1.807, 2.05) is 66.7 Å². The van der Waals surface area contributed by atoms with Gasteiger partial charge in [0.05, 0.1) is 0 Å². The Morgan fingerprint density at radius 2 is 1.43 bits per heavy atom. The third-order valence-corrected chi connectivity index (χ3v) is 5.55. The Morgan fingerprint density at radius 1 is 0.800 bits per heavy atom. The molecule has 3 nitrogen and oxygen atoms in total. The van der Waals surface area contributed by atoms with E-state index in [0.29, 0.717) is 12.1 Å². The Hall–Kier alpha value is -3.33. The zero-order valence-corrected chi connectivity index (χ0v) is 17.3. The van der Waals surface area contributed by atoms with Crippen LogP contribution in [-0.2, 0) is 11.3 Å². The first kappa shape index (κ1) is 20.0. The molecule has 1 amide bonds. The molecule has 0 atom stereocenters. The molecule has 1 aliphatic rings. The fourth-order valence-corrected chi connectivity index (χ4v) is 3.87. The van der Waals surface area contributed by atoms with Crippen molar-refractivity contribution in [2.24, 2.45) is 0 Å². The number of carbonyl (C=O) groups excluding carboxylic acids is 1. The van der Waals surface area contributed by atoms with Crippen molar-refractivity contribution in [3.8, 4) is 0 Å². The molecule has 1 fully saturated rings. The molecule has 0 saturated carbocycles. The number of benzene rings is 3. The van der Waals surface area contributed by atoms with E-state index < -0.39 is 0 Å². The maximum Gasteiger partial charge on any atom is 0.252 e. The first-order valence-electron chi connectivity index (χ1n) is 10.7. The number of hydrogen-bond donors (Lipinski definition) is 1. The van der Waals surface area contributed by atoms with Crippen LogP contribution in [0.1, 0.15) is 36.0 Å². The predicted octanol–water partition coefficient (Wildman–Crippen LogP) is 5.53. The van der Waals surface area contributed by atoms with Gasteiger partial charge in [-0.3, -0.25) is 4.79 Å². The van der Waals surface area contributed by atoms with Gasteiger partial charge in [0.15, 0.2) is 0 Å². The van der Waals surface area contributed by atoms with Crippen molar-refractivity contribution >= 4 is 23.2 Å². The van der Waals surface area contributed by atoms with E-state index >= 15 is 0 Å². The lowest BCUT2D eigenvalue weighted by atomic mass is 10.0. The highest BCUT2D eigenvalue weighted by molar-refractivity contribution is 6.24. The van der Waals surface area contributed by atoms with Crippen molar-refractivity contribution in [1.29, 1.82) is 0 Å². The monoisotopic (exact) mass is 396 g/mol. The smallest absolute Gasteiger partial charge is 0.252 e. The fraction of sp³-hybridized carbons (Fsp3) is 0.222. The Morgan fingerprint density at radius 3 is 2.10 bits per heavy atom. The quantitative estimate of drug-likeness (QED) is 0.439. The van der Waals surface area contributed by atoms with Gasteiger partial charge in [-0.15, -0.1) is 0 Å². The van der Waals surface area contributed by atoms with Crippen LogP contribution in [0.2, 0.25) is 0 Å². The normalized spacial score (nSPS) is 14.4. The third-order valence-electron chi connectivity index (χ3n) is 5.55. The molecule has 0 spiro atoms. The van der Waals surface area contributed by atoms with E-state index in [2.05, 4.69) is 34.5 Å². The van der Waals surface area contributed by atoms with Gasteiger partial charge in [0.2, 0.25) is 0 Å². The van der Waals surface area contributed by atoms with E-state index in [1.165, 1.54) is 24.9 Å². The molecule has 0 aliphatic carbocycles. The lowest BCUT2D eigenvalue weighted by Crippen LogP contribution is -2.29. The minimum atomic E-state index is -0.0647. The van der Waals surface area contributed by atoms with Crippen molar-refractivity contribution in [2.45, 2.75) is 25.8 Å². The van der Waals surface area contributed by atoms with E-state index in [0.717, 1.165) is 29.8 Å². The number of rotatable bonds is 6. The number of nitrogens with one attached hydrogen (secondary N) is 1. The second-order valence-electron chi connectivity index (χ2n) is 7.73. The molecule has 3 heteroatoms. The maximum atomic E-state index is 13.0. The van der Waals surface area contributed by atoms with Crippen molar-refractivity contribution in [3.05, 3.63) is 102 Å². The van der Waals surface area contributed by atoms with Crippen LogP contribution >= 0.6 is 0 Å². The summed E-state index contributed by atoms with van der Waals surface area (Å²) in [5.74, 6) is -0.0647. The standard InChI is InChI=1S/C27H28N2O/c30-27(26(24-12-6-2-7-13-24)20-22-10-4-1-5-11-22)28-21-23-14-16-25(17-15-23)29-18-8-3-9-19-29/h1-2,4-7,10-17,20H,3,8-9,18-19,21H2,(H,28,30)/b26-20+. The summed E-state index contributed by atoms with van der Waals surface area (Å²) in [4.78, 5) is 15.5. The van der Waals surface area contributed by atoms with Crippen molar-refractivity contribution in [3.63, 3.8) is 0 Å². The van der Waals surface area contributed by atoms with Crippen LogP contribution in [0.4, 0.5) is 5.69 Å². The summed E-state index contributed by atoms with van der Waals surface area (Å²) in [6.45, 7) is 2.79. The fourth-order valence-electron chi connectivity index (χ4n) is 3.87. The molecule has 1 saturated heterocycles. The van der Waals surface area contributed by atoms with Crippen LogP contribution in [0.3, 0.4) is 0 Å². The van der Waals surface area contributed by atoms with Crippen LogP contribution in [0.25, 0.3) is 11.6 Å². The third kappa shape index (κ3) is 5.18. The number of carbonyl (C=O) groups is 1. The van der Waals surface area contributed by atoms with E-state index in [-0.39, 0.29) is 5.91 Å². The van der Waals surface area contributed by atoms with Crippen LogP contribution in [0, 0.1) is 0 Å². The molecule has 1 N–H and O–H groups in total. The first-order chi connectivity index (χ1) is 14.8. The molecule has 0 bridgehead atoms. The zero-order chi connectivity index (χ0) is 20.6. The highest BCUT2D eigenvalue weighted by Crippen LogP contribution is 2.21. The molecule has 30 heavy (non-hydrogen) atoms. The van der Waals surface area contributed by atoms with Crippen LogP contribution < -0.4 is 10.2 Å². The van der Waals surface area contributed by atoms with Gasteiger partial charge >= 0.3 is 0 Å². The van der Waals surface area contributed by atoms with E-state index in [1.54, 1.807) is 0 Å². The van der Waals surface area contributed by atoms with Crippen LogP contribution in [0.15, 0.2) is 84.9 Å². The second-order valence-corrected chi connectivity index (χ2v) is 7.73. The minimum absolute atomic E-state index is 0.0647. The Labute approximate surface area is 179 Å². The highest BCUT2D eigenvalue weighted by Gasteiger charge is 2.13. The van der Waals surface area contributed by atoms with Gasteiger partial charge in [0.25, 0.3) is 5.91 Å². The molecular formula is C27H28N2O. The number of hydrogen-bond acceptors (Lipinski definition) is 2. The van der Waals surface area contributed by atoms with E-state index in [4.69, 9.17) is 0 Å². The predicted molar refractivity (Wildman–Crippen MR) is 125 cm³/mol. The summed E-state index contributed by atoms with van der Waals surface area (Å²) in [5.41, 5.74) is 4.98. The van der Waals surface area contributed by atoms with Crippen molar-refractivity contribution in [2.75, 3.05) is 18.0 Å². The molecule has 1 aliphatic heterocycles. The Bertz CT molecular complexity index is 972. The molecule has 152 valence electrons. The highest BCUT2D eigenvalue weighted by atomic mass is 16.1. The van der Waals surface area contributed by atoms with Gasteiger partial charge in [-0.05, 0) is 54.2 Å². The number of piperidine rings is 1. The van der Waals surface area contributed by atoms with Gasteiger partial charge in [0, 0.05) is 30.9 Å². The SMILES string of the molecule is O=C(NCc1ccc(N2CCCCC2)cc1)/C(=C/c1ccccc1)c1ccccc1. The summed E-state index contributed by atoms with van der Waals surface area (Å²) in [7, 11) is 0. The molecule has 1 heterocycles. The molecule has 0 aromatic heterocycles. The summed E-state index contributed by atoms with van der Waals surface area (Å²) in [6, 6.07) is 28.4. The van der Waals surface area contributed by atoms with Gasteiger partial charge in [-0.2, -0.15) is 0 Å². The number of nitrogens with zero attached hydrogens (tertiary/aromatic N) is 1. The minimum Gasteiger partial charge on any atom is -0.372 e. The number of amides is 1. The maximum absolute atomic E-state index is 13.0. The zero-order valence-electron chi connectivity index (χ0n) is 17.3. The van der Waals surface area contributed by atoms with Gasteiger partial charge < -0.3 is 10.2 Å². The first-order valence-corrected chi connectivity index (χ1v) is 10.7. The molecule has 4 rings (SSSR count). The lowest BCUT2D eigenvalue weighted by Gasteiger charge is -2.28. The number of anilines is 1. The molecule has 0 unspecified atom stereocenters. The molecular weight excluding hydrogens is 368 g/mol. The van der Waals surface area contributed by atoms with Crippen molar-refractivity contribution in [1.82, 2.24) is 5.32 Å². The topological polar surface area (TPSA) is 32.3 Å². The lowest BCUT2D eigenvalue weighted by molar-refractivity contribution is -0.115.